The van der Waals surface area contributed by atoms with E-state index in [2.05, 4.69) is 4.98 Å². The molecule has 0 aliphatic heterocycles. The summed E-state index contributed by atoms with van der Waals surface area (Å²) in [6.45, 7) is 1.88. The van der Waals surface area contributed by atoms with Gasteiger partial charge in [-0.05, 0) is 97.5 Å². The fourth-order valence-electron chi connectivity index (χ4n) is 4.44. The first-order valence-electron chi connectivity index (χ1n) is 10.5. The van der Waals surface area contributed by atoms with Gasteiger partial charge in [0.15, 0.2) is 0 Å². The standard InChI is InChI=1S/C25H25NO4S/c1-17-4-2-7-21(14-17)31(29,30)22-10-11-23-18(5-3-6-19(23)15-22)8-9-20-16-26-13-12-24(20)25(27)28/h2,4,7,10-16,18H,3,5-6,8-9H2,1H3,(H,27,28)/t18-/m0/s1. The Labute approximate surface area is 182 Å². The van der Waals surface area contributed by atoms with E-state index in [1.165, 1.54) is 17.8 Å². The van der Waals surface area contributed by atoms with Crippen LogP contribution in [0.1, 0.15) is 57.8 Å². The number of nitrogens with zero attached hydrogens (tertiary/aromatic N) is 1. The molecule has 3 aromatic rings. The average Bonchev–Trinajstić information content (AvgIpc) is 2.77. The number of rotatable bonds is 6. The molecule has 5 nitrogen and oxygen atoms in total. The number of benzene rings is 2. The number of fused-ring (bicyclic) bond motifs is 1. The molecule has 0 saturated carbocycles. The zero-order valence-electron chi connectivity index (χ0n) is 17.4. The maximum atomic E-state index is 13.1. The summed E-state index contributed by atoms with van der Waals surface area (Å²) in [5.74, 6) is -0.659. The minimum atomic E-state index is -3.56. The highest BCUT2D eigenvalue weighted by Gasteiger charge is 2.24. The van der Waals surface area contributed by atoms with E-state index >= 15 is 0 Å². The predicted octanol–water partition coefficient (Wildman–Crippen LogP) is 4.97. The van der Waals surface area contributed by atoms with Gasteiger partial charge in [0.2, 0.25) is 9.84 Å². The molecule has 1 N–H and O–H groups in total. The monoisotopic (exact) mass is 435 g/mol. The Bertz CT molecular complexity index is 1230. The molecule has 0 radical (unpaired) electrons. The Hall–Kier alpha value is -2.99. The third-order valence-electron chi connectivity index (χ3n) is 6.06. The molecule has 0 amide bonds. The minimum absolute atomic E-state index is 0.279. The fourth-order valence-corrected chi connectivity index (χ4v) is 5.86. The smallest absolute Gasteiger partial charge is 0.336 e. The van der Waals surface area contributed by atoms with Crippen molar-refractivity contribution in [2.24, 2.45) is 0 Å². The Balaban J connectivity index is 1.59. The Kier molecular flexibility index (Phi) is 5.92. The molecule has 0 spiro atoms. The van der Waals surface area contributed by atoms with E-state index in [0.29, 0.717) is 21.8 Å². The number of hydrogen-bond donors (Lipinski definition) is 1. The number of carboxylic acid groups (broad SMARTS) is 1. The Morgan fingerprint density at radius 3 is 2.71 bits per heavy atom. The summed E-state index contributed by atoms with van der Waals surface area (Å²) in [5.41, 5.74) is 4.20. The first-order chi connectivity index (χ1) is 14.9. The quantitative estimate of drug-likeness (QED) is 0.591. The van der Waals surface area contributed by atoms with Crippen LogP contribution in [0.3, 0.4) is 0 Å². The number of carbonyl (C=O) groups is 1. The van der Waals surface area contributed by atoms with E-state index in [9.17, 15) is 18.3 Å². The first kappa shape index (κ1) is 21.2. The molecule has 0 saturated heterocycles. The van der Waals surface area contributed by atoms with E-state index in [4.69, 9.17) is 0 Å². The summed E-state index contributed by atoms with van der Waals surface area (Å²) in [6, 6.07) is 14.0. The van der Waals surface area contributed by atoms with Gasteiger partial charge in [0.25, 0.3) is 0 Å². The molecule has 1 aliphatic carbocycles. The number of hydrogen-bond acceptors (Lipinski definition) is 4. The van der Waals surface area contributed by atoms with Gasteiger partial charge < -0.3 is 5.11 Å². The van der Waals surface area contributed by atoms with Crippen LogP contribution in [0.2, 0.25) is 0 Å². The van der Waals surface area contributed by atoms with Crippen LogP contribution in [0, 0.1) is 6.92 Å². The van der Waals surface area contributed by atoms with Crippen molar-refractivity contribution in [1.29, 1.82) is 0 Å². The summed E-state index contributed by atoms with van der Waals surface area (Å²) in [6.07, 6.45) is 7.43. The molecule has 1 heterocycles. The van der Waals surface area contributed by atoms with Crippen LogP contribution in [-0.4, -0.2) is 24.5 Å². The maximum absolute atomic E-state index is 13.1. The minimum Gasteiger partial charge on any atom is -0.478 e. The summed E-state index contributed by atoms with van der Waals surface area (Å²) in [5, 5.41) is 9.39. The van der Waals surface area contributed by atoms with Gasteiger partial charge in [-0.1, -0.05) is 18.2 Å². The van der Waals surface area contributed by atoms with Crippen molar-refractivity contribution in [1.82, 2.24) is 4.98 Å². The van der Waals surface area contributed by atoms with E-state index < -0.39 is 15.8 Å². The summed E-state index contributed by atoms with van der Waals surface area (Å²) in [4.78, 5) is 16.2. The van der Waals surface area contributed by atoms with E-state index in [1.54, 1.807) is 30.5 Å². The van der Waals surface area contributed by atoms with Crippen LogP contribution in [0.15, 0.2) is 70.7 Å². The number of aromatic carboxylic acids is 1. The largest absolute Gasteiger partial charge is 0.478 e. The molecular weight excluding hydrogens is 410 g/mol. The second-order valence-corrected chi connectivity index (χ2v) is 10.1. The molecule has 0 fully saturated rings. The van der Waals surface area contributed by atoms with Crippen LogP contribution in [-0.2, 0) is 22.7 Å². The zero-order valence-corrected chi connectivity index (χ0v) is 18.2. The SMILES string of the molecule is Cc1cccc(S(=O)(=O)c2ccc3c(c2)CCC[C@H]3CCc2cnccc2C(=O)O)c1. The molecule has 1 atom stereocenters. The predicted molar refractivity (Wildman–Crippen MR) is 118 cm³/mol. The van der Waals surface area contributed by atoms with Gasteiger partial charge in [-0.3, -0.25) is 4.98 Å². The summed E-state index contributed by atoms with van der Waals surface area (Å²) < 4.78 is 26.2. The van der Waals surface area contributed by atoms with Crippen molar-refractivity contribution in [2.75, 3.05) is 0 Å². The lowest BCUT2D eigenvalue weighted by Crippen LogP contribution is -2.13. The van der Waals surface area contributed by atoms with Gasteiger partial charge >= 0.3 is 5.97 Å². The van der Waals surface area contributed by atoms with Crippen molar-refractivity contribution in [3.05, 3.63) is 88.7 Å². The van der Waals surface area contributed by atoms with E-state index in [0.717, 1.165) is 42.4 Å². The molecule has 0 unspecified atom stereocenters. The first-order valence-corrected chi connectivity index (χ1v) is 12.0. The molecule has 6 heteroatoms. The topological polar surface area (TPSA) is 84.3 Å². The third kappa shape index (κ3) is 4.39. The summed E-state index contributed by atoms with van der Waals surface area (Å²) >= 11 is 0. The molecular formula is C25H25NO4S. The van der Waals surface area contributed by atoms with Gasteiger partial charge in [-0.2, -0.15) is 0 Å². The highest BCUT2D eigenvalue weighted by molar-refractivity contribution is 7.91. The van der Waals surface area contributed by atoms with Gasteiger partial charge in [0.05, 0.1) is 15.4 Å². The van der Waals surface area contributed by atoms with Crippen LogP contribution >= 0.6 is 0 Å². The van der Waals surface area contributed by atoms with Gasteiger partial charge in [-0.25, -0.2) is 13.2 Å². The highest BCUT2D eigenvalue weighted by Crippen LogP contribution is 2.37. The van der Waals surface area contributed by atoms with Crippen molar-refractivity contribution < 1.29 is 18.3 Å². The van der Waals surface area contributed by atoms with Gasteiger partial charge in [-0.15, -0.1) is 0 Å². The molecule has 1 aliphatic rings. The Morgan fingerprint density at radius 1 is 1.13 bits per heavy atom. The molecule has 2 aromatic carbocycles. The lowest BCUT2D eigenvalue weighted by molar-refractivity contribution is 0.0695. The van der Waals surface area contributed by atoms with Crippen molar-refractivity contribution in [2.45, 2.75) is 54.7 Å². The zero-order chi connectivity index (χ0) is 22.0. The molecule has 31 heavy (non-hydrogen) atoms. The van der Waals surface area contributed by atoms with Crippen LogP contribution in [0.25, 0.3) is 0 Å². The molecule has 0 bridgehead atoms. The van der Waals surface area contributed by atoms with E-state index in [-0.39, 0.29) is 5.92 Å². The number of aryl methyl sites for hydroxylation is 3. The number of sulfone groups is 1. The number of pyridine rings is 1. The van der Waals surface area contributed by atoms with Gasteiger partial charge in [0, 0.05) is 12.4 Å². The Morgan fingerprint density at radius 2 is 1.94 bits per heavy atom. The third-order valence-corrected chi connectivity index (χ3v) is 7.81. The normalized spacial score (nSPS) is 16.0. The average molecular weight is 436 g/mol. The fraction of sp³-hybridized carbons (Fsp3) is 0.280. The molecule has 160 valence electrons. The van der Waals surface area contributed by atoms with Crippen LogP contribution in [0.4, 0.5) is 0 Å². The van der Waals surface area contributed by atoms with Crippen molar-refractivity contribution >= 4 is 15.8 Å². The lowest BCUT2D eigenvalue weighted by atomic mass is 9.80. The second-order valence-electron chi connectivity index (χ2n) is 8.15. The molecule has 4 rings (SSSR count). The van der Waals surface area contributed by atoms with Crippen molar-refractivity contribution in [3.8, 4) is 0 Å². The van der Waals surface area contributed by atoms with Gasteiger partial charge in [0.1, 0.15) is 0 Å². The van der Waals surface area contributed by atoms with Crippen molar-refractivity contribution in [3.63, 3.8) is 0 Å². The maximum Gasteiger partial charge on any atom is 0.336 e. The summed E-state index contributed by atoms with van der Waals surface area (Å²) in [7, 11) is -3.56. The van der Waals surface area contributed by atoms with Crippen LogP contribution < -0.4 is 0 Å². The number of carboxylic acids is 1. The highest BCUT2D eigenvalue weighted by atomic mass is 32.2. The van der Waals surface area contributed by atoms with E-state index in [1.807, 2.05) is 25.1 Å². The molecule has 1 aromatic heterocycles. The number of aromatic nitrogens is 1. The second kappa shape index (κ2) is 8.63. The lowest BCUT2D eigenvalue weighted by Gasteiger charge is -2.26. The van der Waals surface area contributed by atoms with Crippen LogP contribution in [0.5, 0.6) is 0 Å².